The summed E-state index contributed by atoms with van der Waals surface area (Å²) in [7, 11) is 0. The Kier molecular flexibility index (Phi) is 4.37. The molecule has 5 heteroatoms. The zero-order chi connectivity index (χ0) is 14.8. The van der Waals surface area contributed by atoms with Gasteiger partial charge in [-0.05, 0) is 44.4 Å². The third kappa shape index (κ3) is 2.97. The Morgan fingerprint density at radius 3 is 2.25 bits per heavy atom. The van der Waals surface area contributed by atoms with Gasteiger partial charge in [0, 0.05) is 6.54 Å². The minimum absolute atomic E-state index is 0.172. The van der Waals surface area contributed by atoms with Crippen LogP contribution in [-0.2, 0) is 9.59 Å². The average molecular weight is 282 g/mol. The lowest BCUT2D eigenvalue weighted by atomic mass is 9.70. The fraction of sp³-hybridized carbons (Fsp3) is 0.867. The zero-order valence-corrected chi connectivity index (χ0v) is 12.3. The number of carbonyl (C=O) groups excluding carboxylic acids is 1. The predicted octanol–water partition coefficient (Wildman–Crippen LogP) is 1.66. The van der Waals surface area contributed by atoms with Gasteiger partial charge in [0.15, 0.2) is 0 Å². The van der Waals surface area contributed by atoms with E-state index in [1.54, 1.807) is 0 Å². The van der Waals surface area contributed by atoms with Gasteiger partial charge in [-0.3, -0.25) is 9.59 Å². The normalized spacial score (nSPS) is 32.8. The van der Waals surface area contributed by atoms with E-state index in [1.807, 2.05) is 0 Å². The number of carbonyl (C=O) groups is 2. The van der Waals surface area contributed by atoms with Gasteiger partial charge in [-0.25, -0.2) is 0 Å². The van der Waals surface area contributed by atoms with Crippen molar-refractivity contribution in [3.8, 4) is 0 Å². The van der Waals surface area contributed by atoms with Crippen molar-refractivity contribution in [3.63, 3.8) is 0 Å². The second kappa shape index (κ2) is 5.72. The molecule has 0 unspecified atom stereocenters. The molecule has 1 amide bonds. The largest absolute Gasteiger partial charge is 0.481 e. The molecule has 0 aromatic carbocycles. The van der Waals surface area contributed by atoms with Crippen molar-refractivity contribution >= 4 is 11.9 Å². The van der Waals surface area contributed by atoms with Gasteiger partial charge < -0.3 is 16.2 Å². The van der Waals surface area contributed by atoms with Crippen LogP contribution in [0.5, 0.6) is 0 Å². The minimum atomic E-state index is -0.795. The van der Waals surface area contributed by atoms with Gasteiger partial charge in [-0.1, -0.05) is 19.8 Å². The second-order valence-electron chi connectivity index (χ2n) is 6.81. The van der Waals surface area contributed by atoms with E-state index in [1.165, 1.54) is 0 Å². The van der Waals surface area contributed by atoms with Gasteiger partial charge in [-0.15, -0.1) is 0 Å². The Labute approximate surface area is 120 Å². The van der Waals surface area contributed by atoms with Crippen molar-refractivity contribution in [3.05, 3.63) is 0 Å². The average Bonchev–Trinajstić information content (AvgIpc) is 2.86. The number of carboxylic acid groups (broad SMARTS) is 1. The Bertz CT molecular complexity index is 381. The second-order valence-corrected chi connectivity index (χ2v) is 6.81. The Morgan fingerprint density at radius 1 is 1.20 bits per heavy atom. The molecule has 5 nitrogen and oxygen atoms in total. The summed E-state index contributed by atoms with van der Waals surface area (Å²) in [4.78, 5) is 23.8. The fourth-order valence-electron chi connectivity index (χ4n) is 3.44. The maximum atomic E-state index is 12.2. The Hall–Kier alpha value is -1.10. The molecule has 2 rings (SSSR count). The van der Waals surface area contributed by atoms with Crippen LogP contribution >= 0.6 is 0 Å². The van der Waals surface area contributed by atoms with Crippen molar-refractivity contribution in [2.75, 3.05) is 6.54 Å². The third-order valence-corrected chi connectivity index (χ3v) is 5.22. The first-order valence-corrected chi connectivity index (χ1v) is 7.69. The van der Waals surface area contributed by atoms with E-state index in [0.29, 0.717) is 31.6 Å². The topological polar surface area (TPSA) is 92.4 Å². The maximum absolute atomic E-state index is 12.2. The molecule has 0 aliphatic heterocycles. The van der Waals surface area contributed by atoms with Crippen molar-refractivity contribution in [2.45, 2.75) is 63.8 Å². The maximum Gasteiger partial charge on any atom is 0.311 e. The van der Waals surface area contributed by atoms with Crippen LogP contribution in [0.4, 0.5) is 0 Å². The number of hydrogen-bond donors (Lipinski definition) is 3. The van der Waals surface area contributed by atoms with E-state index < -0.39 is 16.9 Å². The molecule has 20 heavy (non-hydrogen) atoms. The summed E-state index contributed by atoms with van der Waals surface area (Å²) in [5.74, 6) is -0.384. The molecule has 0 atom stereocenters. The molecule has 0 saturated heterocycles. The van der Waals surface area contributed by atoms with Gasteiger partial charge in [0.2, 0.25) is 5.91 Å². The van der Waals surface area contributed by atoms with Gasteiger partial charge in [0.1, 0.15) is 0 Å². The van der Waals surface area contributed by atoms with E-state index in [4.69, 9.17) is 5.73 Å². The van der Waals surface area contributed by atoms with Crippen LogP contribution in [0, 0.1) is 11.3 Å². The summed E-state index contributed by atoms with van der Waals surface area (Å²) < 4.78 is 0. The number of amides is 1. The Balaban J connectivity index is 1.96. The van der Waals surface area contributed by atoms with Crippen molar-refractivity contribution in [1.29, 1.82) is 0 Å². The highest BCUT2D eigenvalue weighted by atomic mass is 16.4. The first kappa shape index (κ1) is 15.3. The number of nitrogens with two attached hydrogens (primary N) is 1. The lowest BCUT2D eigenvalue weighted by molar-refractivity contribution is -0.151. The van der Waals surface area contributed by atoms with Gasteiger partial charge in [0.25, 0.3) is 0 Å². The van der Waals surface area contributed by atoms with Crippen LogP contribution in [0.15, 0.2) is 0 Å². The number of carboxylic acids is 1. The highest BCUT2D eigenvalue weighted by Crippen LogP contribution is 2.39. The molecular formula is C15H26N2O3. The van der Waals surface area contributed by atoms with Crippen LogP contribution < -0.4 is 11.1 Å². The summed E-state index contributed by atoms with van der Waals surface area (Å²) in [5, 5.41) is 12.4. The van der Waals surface area contributed by atoms with E-state index in [-0.39, 0.29) is 12.5 Å². The fourth-order valence-corrected chi connectivity index (χ4v) is 3.44. The summed E-state index contributed by atoms with van der Waals surface area (Å²) in [6, 6.07) is 0. The first-order valence-electron chi connectivity index (χ1n) is 7.69. The lowest BCUT2D eigenvalue weighted by Crippen LogP contribution is -2.55. The number of aliphatic carboxylic acids is 1. The molecule has 0 heterocycles. The molecule has 0 radical (unpaired) electrons. The van der Waals surface area contributed by atoms with Crippen LogP contribution in [0.25, 0.3) is 0 Å². The monoisotopic (exact) mass is 282 g/mol. The summed E-state index contributed by atoms with van der Waals surface area (Å²) in [6.45, 7) is 2.37. The van der Waals surface area contributed by atoms with Gasteiger partial charge >= 0.3 is 5.97 Å². The molecular weight excluding hydrogens is 256 g/mol. The van der Waals surface area contributed by atoms with E-state index in [9.17, 15) is 14.7 Å². The van der Waals surface area contributed by atoms with Gasteiger partial charge in [0.05, 0.1) is 11.0 Å². The Morgan fingerprint density at radius 2 is 1.75 bits per heavy atom. The summed E-state index contributed by atoms with van der Waals surface area (Å²) >= 11 is 0. The molecule has 2 saturated carbocycles. The predicted molar refractivity (Wildman–Crippen MR) is 76.1 cm³/mol. The number of hydrogen-bond acceptors (Lipinski definition) is 3. The molecule has 0 aromatic heterocycles. The van der Waals surface area contributed by atoms with Crippen LogP contribution in [-0.4, -0.2) is 29.1 Å². The first-order chi connectivity index (χ1) is 9.38. The highest BCUT2D eigenvalue weighted by Gasteiger charge is 2.43. The number of nitrogens with one attached hydrogen (secondary N) is 1. The summed E-state index contributed by atoms with van der Waals surface area (Å²) in [6.07, 6.45) is 6.47. The van der Waals surface area contributed by atoms with Crippen molar-refractivity contribution < 1.29 is 14.7 Å². The van der Waals surface area contributed by atoms with Crippen LogP contribution in [0.3, 0.4) is 0 Å². The molecule has 0 aromatic rings. The van der Waals surface area contributed by atoms with Crippen molar-refractivity contribution in [1.82, 2.24) is 5.32 Å². The third-order valence-electron chi connectivity index (χ3n) is 5.22. The molecule has 0 spiro atoms. The summed E-state index contributed by atoms with van der Waals surface area (Å²) in [5.41, 5.74) is 4.53. The quantitative estimate of drug-likeness (QED) is 0.731. The van der Waals surface area contributed by atoms with Crippen LogP contribution in [0.2, 0.25) is 0 Å². The lowest BCUT2D eigenvalue weighted by Gasteiger charge is -2.36. The SMILES string of the molecule is CC1CCC(CNC(=O)C2(N)CCCC2)(C(=O)O)CC1. The molecule has 114 valence electrons. The van der Waals surface area contributed by atoms with E-state index >= 15 is 0 Å². The molecule has 4 N–H and O–H groups in total. The highest BCUT2D eigenvalue weighted by molar-refractivity contribution is 5.87. The molecule has 2 aliphatic carbocycles. The van der Waals surface area contributed by atoms with E-state index in [0.717, 1.165) is 25.7 Å². The molecule has 2 aliphatic rings. The molecule has 0 bridgehead atoms. The van der Waals surface area contributed by atoms with Crippen LogP contribution in [0.1, 0.15) is 58.3 Å². The molecule has 2 fully saturated rings. The minimum Gasteiger partial charge on any atom is -0.481 e. The van der Waals surface area contributed by atoms with E-state index in [2.05, 4.69) is 12.2 Å². The van der Waals surface area contributed by atoms with Gasteiger partial charge in [-0.2, -0.15) is 0 Å². The smallest absolute Gasteiger partial charge is 0.311 e. The zero-order valence-electron chi connectivity index (χ0n) is 12.3. The number of rotatable bonds is 4. The van der Waals surface area contributed by atoms with Crippen molar-refractivity contribution in [2.24, 2.45) is 17.1 Å². The standard InChI is InChI=1S/C15H26N2O3/c1-11-4-8-14(9-5-11,13(19)20)10-17-12(18)15(16)6-2-3-7-15/h11H,2-10,16H2,1H3,(H,17,18)(H,19,20).